The minimum absolute atomic E-state index is 0.0805. The standard InChI is InChI=1S/C22H22FN3O2S/c1-13(14-5-9-17(23)10-6-14)24-21-26-20(28)22(2,29-21)16-7-3-15(4-8-16)19(27)25-18-11-12-18/h3-10,13,18H,11-12H2,1-2H3,(H,25,27)(H,24,26,28)/t13-,22?/m0/s1. The number of amides is 2. The first kappa shape index (κ1) is 19.6. The van der Waals surface area contributed by atoms with Crippen molar-refractivity contribution in [1.29, 1.82) is 0 Å². The molecule has 7 heteroatoms. The first-order valence-electron chi connectivity index (χ1n) is 9.60. The molecule has 0 spiro atoms. The Kier molecular flexibility index (Phi) is 5.17. The van der Waals surface area contributed by atoms with Gasteiger partial charge in [0.15, 0.2) is 5.17 Å². The summed E-state index contributed by atoms with van der Waals surface area (Å²) in [6.07, 6.45) is 2.08. The fourth-order valence-corrected chi connectivity index (χ4v) is 4.30. The summed E-state index contributed by atoms with van der Waals surface area (Å²) < 4.78 is 12.3. The fourth-order valence-electron chi connectivity index (χ4n) is 3.16. The topological polar surface area (TPSA) is 70.6 Å². The van der Waals surface area contributed by atoms with Crippen molar-refractivity contribution in [3.63, 3.8) is 0 Å². The van der Waals surface area contributed by atoms with Gasteiger partial charge in [0.25, 0.3) is 5.91 Å². The van der Waals surface area contributed by atoms with Gasteiger partial charge in [0.2, 0.25) is 5.91 Å². The lowest BCUT2D eigenvalue weighted by Gasteiger charge is -2.19. The van der Waals surface area contributed by atoms with Crippen molar-refractivity contribution in [3.05, 3.63) is 71.0 Å². The zero-order chi connectivity index (χ0) is 20.6. The van der Waals surface area contributed by atoms with Crippen LogP contribution in [0.4, 0.5) is 4.39 Å². The summed E-state index contributed by atoms with van der Waals surface area (Å²) in [7, 11) is 0. The Balaban J connectivity index is 1.49. The minimum Gasteiger partial charge on any atom is -0.349 e. The van der Waals surface area contributed by atoms with Crippen LogP contribution in [0.5, 0.6) is 0 Å². The van der Waals surface area contributed by atoms with Gasteiger partial charge in [0, 0.05) is 11.6 Å². The zero-order valence-electron chi connectivity index (χ0n) is 16.2. The van der Waals surface area contributed by atoms with Crippen LogP contribution in [0.3, 0.4) is 0 Å². The summed E-state index contributed by atoms with van der Waals surface area (Å²) in [5.74, 6) is -0.523. The van der Waals surface area contributed by atoms with Crippen LogP contribution >= 0.6 is 11.8 Å². The molecule has 1 unspecified atom stereocenters. The third-order valence-corrected chi connectivity index (χ3v) is 6.46. The molecule has 2 atom stereocenters. The van der Waals surface area contributed by atoms with E-state index in [1.165, 1.54) is 23.9 Å². The number of carbonyl (C=O) groups excluding carboxylic acids is 2. The van der Waals surface area contributed by atoms with Crippen LogP contribution in [-0.2, 0) is 9.54 Å². The van der Waals surface area contributed by atoms with Gasteiger partial charge in [-0.15, -0.1) is 0 Å². The van der Waals surface area contributed by atoms with Crippen molar-refractivity contribution >= 4 is 28.7 Å². The molecule has 0 aromatic heterocycles. The van der Waals surface area contributed by atoms with Crippen molar-refractivity contribution < 1.29 is 14.0 Å². The van der Waals surface area contributed by atoms with Gasteiger partial charge in [-0.05, 0) is 62.1 Å². The van der Waals surface area contributed by atoms with Crippen LogP contribution in [0, 0.1) is 5.82 Å². The highest BCUT2D eigenvalue weighted by Crippen LogP contribution is 2.41. The minimum atomic E-state index is -0.827. The molecular weight excluding hydrogens is 389 g/mol. The number of nitrogens with one attached hydrogen (secondary N) is 2. The van der Waals surface area contributed by atoms with Crippen LogP contribution in [0.2, 0.25) is 0 Å². The second-order valence-electron chi connectivity index (χ2n) is 7.58. The van der Waals surface area contributed by atoms with Crippen LogP contribution in [-0.4, -0.2) is 23.0 Å². The van der Waals surface area contributed by atoms with E-state index in [0.29, 0.717) is 16.8 Å². The lowest BCUT2D eigenvalue weighted by molar-refractivity contribution is -0.121. The molecular formula is C22H22FN3O2S. The van der Waals surface area contributed by atoms with Crippen molar-refractivity contribution in [2.24, 2.45) is 4.99 Å². The molecule has 1 saturated heterocycles. The maximum Gasteiger partial charge on any atom is 0.251 e. The third kappa shape index (κ3) is 4.19. The number of hydrogen-bond donors (Lipinski definition) is 2. The lowest BCUT2D eigenvalue weighted by atomic mass is 9.98. The van der Waals surface area contributed by atoms with Gasteiger partial charge in [-0.1, -0.05) is 36.0 Å². The third-order valence-electron chi connectivity index (χ3n) is 5.23. The quantitative estimate of drug-likeness (QED) is 0.784. The molecule has 150 valence electrons. The number of carbonyl (C=O) groups is 2. The summed E-state index contributed by atoms with van der Waals surface area (Å²) in [4.78, 5) is 29.5. The summed E-state index contributed by atoms with van der Waals surface area (Å²) in [5.41, 5.74) is 2.27. The van der Waals surface area contributed by atoms with Crippen molar-refractivity contribution in [2.45, 2.75) is 43.5 Å². The predicted molar refractivity (Wildman–Crippen MR) is 112 cm³/mol. The molecule has 2 N–H and O–H groups in total. The van der Waals surface area contributed by atoms with Gasteiger partial charge in [-0.3, -0.25) is 14.6 Å². The molecule has 1 heterocycles. The Bertz CT molecular complexity index is 971. The number of nitrogens with zero attached hydrogens (tertiary/aromatic N) is 1. The number of aliphatic imine (C=N–C) groups is 1. The number of rotatable bonds is 5. The van der Waals surface area contributed by atoms with E-state index in [0.717, 1.165) is 24.0 Å². The highest BCUT2D eigenvalue weighted by molar-refractivity contribution is 8.15. The van der Waals surface area contributed by atoms with E-state index < -0.39 is 4.75 Å². The van der Waals surface area contributed by atoms with E-state index in [-0.39, 0.29) is 23.7 Å². The van der Waals surface area contributed by atoms with Crippen LogP contribution in [0.15, 0.2) is 53.5 Å². The van der Waals surface area contributed by atoms with Crippen LogP contribution in [0.25, 0.3) is 0 Å². The molecule has 0 bridgehead atoms. The lowest BCUT2D eigenvalue weighted by Crippen LogP contribution is -2.32. The molecule has 2 aromatic rings. The predicted octanol–water partition coefficient (Wildman–Crippen LogP) is 3.91. The molecule has 29 heavy (non-hydrogen) atoms. The Hall–Kier alpha value is -2.67. The van der Waals surface area contributed by atoms with Gasteiger partial charge in [-0.25, -0.2) is 4.39 Å². The molecule has 2 fully saturated rings. The number of benzene rings is 2. The smallest absolute Gasteiger partial charge is 0.251 e. The largest absolute Gasteiger partial charge is 0.349 e. The average molecular weight is 412 g/mol. The summed E-state index contributed by atoms with van der Waals surface area (Å²) in [6, 6.07) is 13.4. The Labute approximate surface area is 173 Å². The van der Waals surface area contributed by atoms with E-state index in [1.807, 2.05) is 26.0 Å². The highest BCUT2D eigenvalue weighted by Gasteiger charge is 2.44. The van der Waals surface area contributed by atoms with E-state index in [2.05, 4.69) is 15.6 Å². The zero-order valence-corrected chi connectivity index (χ0v) is 17.1. The van der Waals surface area contributed by atoms with E-state index in [9.17, 15) is 14.0 Å². The van der Waals surface area contributed by atoms with Gasteiger partial charge < -0.3 is 10.6 Å². The Morgan fingerprint density at radius 1 is 1.21 bits per heavy atom. The first-order valence-corrected chi connectivity index (χ1v) is 10.4. The molecule has 1 aliphatic carbocycles. The van der Waals surface area contributed by atoms with Crippen LogP contribution in [0.1, 0.15) is 54.2 Å². The normalized spacial score (nSPS) is 23.7. The monoisotopic (exact) mass is 411 g/mol. The maximum atomic E-state index is 13.1. The number of thioether (sulfide) groups is 1. The average Bonchev–Trinajstić information content (AvgIpc) is 3.47. The second kappa shape index (κ2) is 7.63. The van der Waals surface area contributed by atoms with E-state index in [4.69, 9.17) is 0 Å². The molecule has 2 aromatic carbocycles. The van der Waals surface area contributed by atoms with Crippen LogP contribution < -0.4 is 10.6 Å². The first-order chi connectivity index (χ1) is 13.8. The fraction of sp³-hybridized carbons (Fsp3) is 0.318. The van der Waals surface area contributed by atoms with Crippen molar-refractivity contribution in [3.8, 4) is 0 Å². The van der Waals surface area contributed by atoms with Gasteiger partial charge in [0.1, 0.15) is 10.6 Å². The Morgan fingerprint density at radius 2 is 1.86 bits per heavy atom. The van der Waals surface area contributed by atoms with E-state index in [1.54, 1.807) is 24.3 Å². The molecule has 5 nitrogen and oxygen atoms in total. The molecule has 1 aliphatic heterocycles. The van der Waals surface area contributed by atoms with Gasteiger partial charge in [0.05, 0.1) is 6.04 Å². The molecule has 2 amide bonds. The summed E-state index contributed by atoms with van der Waals surface area (Å²) in [5, 5.41) is 6.34. The maximum absolute atomic E-state index is 13.1. The van der Waals surface area contributed by atoms with Gasteiger partial charge >= 0.3 is 0 Å². The molecule has 4 rings (SSSR count). The van der Waals surface area contributed by atoms with Gasteiger partial charge in [-0.2, -0.15) is 0 Å². The molecule has 2 aliphatic rings. The summed E-state index contributed by atoms with van der Waals surface area (Å²) >= 11 is 1.35. The highest BCUT2D eigenvalue weighted by atomic mass is 32.2. The number of halogens is 1. The van der Waals surface area contributed by atoms with E-state index >= 15 is 0 Å². The number of hydrogen-bond acceptors (Lipinski definition) is 4. The molecule has 1 saturated carbocycles. The number of amidine groups is 1. The SMILES string of the molecule is C[C@H](N=C1NC(=O)C(C)(c2ccc(C(=O)NC3CC3)cc2)S1)c1ccc(F)cc1. The summed E-state index contributed by atoms with van der Waals surface area (Å²) in [6.45, 7) is 3.74. The Morgan fingerprint density at radius 3 is 2.48 bits per heavy atom. The molecule has 0 radical (unpaired) electrons. The van der Waals surface area contributed by atoms with Crippen molar-refractivity contribution in [1.82, 2.24) is 10.6 Å². The second-order valence-corrected chi connectivity index (χ2v) is 8.98. The van der Waals surface area contributed by atoms with Crippen molar-refractivity contribution in [2.75, 3.05) is 0 Å².